The minimum absolute atomic E-state index is 0.0419. The summed E-state index contributed by atoms with van der Waals surface area (Å²) in [6, 6.07) is 2.70. The molecule has 0 spiro atoms. The molecule has 0 aromatic heterocycles. The number of likely N-dealkylation sites (tertiary alicyclic amines) is 1. The van der Waals surface area contributed by atoms with Crippen LogP contribution >= 0.6 is 11.6 Å². The second-order valence-electron chi connectivity index (χ2n) is 9.52. The van der Waals surface area contributed by atoms with Crippen molar-refractivity contribution in [3.8, 4) is 5.75 Å². The maximum atomic E-state index is 12.8. The van der Waals surface area contributed by atoms with E-state index in [4.69, 9.17) is 11.6 Å². The highest BCUT2D eigenvalue weighted by Gasteiger charge is 2.59. The highest BCUT2D eigenvalue weighted by atomic mass is 35.5. The normalized spacial score (nSPS) is 28.2. The number of aliphatic hydroxyl groups is 1. The van der Waals surface area contributed by atoms with Crippen LogP contribution in [0.4, 0.5) is 0 Å². The molecule has 2 fully saturated rings. The lowest BCUT2D eigenvalue weighted by atomic mass is 9.77. The fraction of sp³-hybridized carbons (Fsp3) is 0.542. The molecule has 178 valence electrons. The number of β-lactam (4-membered cyclic amide) rings is 1. The molecule has 0 unspecified atom stereocenters. The van der Waals surface area contributed by atoms with Crippen LogP contribution in [0, 0.1) is 24.7 Å². The first-order valence-electron chi connectivity index (χ1n) is 11.2. The Balaban J connectivity index is 1.44. The van der Waals surface area contributed by atoms with Gasteiger partial charge in [0.25, 0.3) is 0 Å². The number of Topliss-reactive ketones (excluding diaryl/α,β-unsaturated/α-hetero) is 1. The number of benzene rings is 1. The molecule has 3 heterocycles. The number of amides is 1. The zero-order valence-corrected chi connectivity index (χ0v) is 19.7. The van der Waals surface area contributed by atoms with Crippen LogP contribution in [0.15, 0.2) is 23.4 Å². The van der Waals surface area contributed by atoms with Gasteiger partial charge in [-0.1, -0.05) is 18.5 Å². The van der Waals surface area contributed by atoms with E-state index in [1.165, 1.54) is 11.0 Å². The number of hydrogen-bond donors (Lipinski definition) is 3. The van der Waals surface area contributed by atoms with Gasteiger partial charge in [0.15, 0.2) is 5.78 Å². The first kappa shape index (κ1) is 23.7. The van der Waals surface area contributed by atoms with Crippen molar-refractivity contribution >= 4 is 29.3 Å². The van der Waals surface area contributed by atoms with Gasteiger partial charge in [-0.2, -0.15) is 0 Å². The van der Waals surface area contributed by atoms with Crippen LogP contribution in [-0.2, 0) is 9.59 Å². The summed E-state index contributed by atoms with van der Waals surface area (Å²) in [6.45, 7) is 6.92. The smallest absolute Gasteiger partial charge is 0.352 e. The quantitative estimate of drug-likeness (QED) is 0.408. The average Bonchev–Trinajstić information content (AvgIpc) is 3.27. The molecule has 0 saturated carbocycles. The molecule has 0 radical (unpaired) electrons. The van der Waals surface area contributed by atoms with Gasteiger partial charge < -0.3 is 20.2 Å². The summed E-state index contributed by atoms with van der Waals surface area (Å²) >= 11 is 6.26. The van der Waals surface area contributed by atoms with E-state index in [1.54, 1.807) is 19.9 Å². The Morgan fingerprint density at radius 1 is 1.30 bits per heavy atom. The van der Waals surface area contributed by atoms with Crippen molar-refractivity contribution in [2.75, 3.05) is 19.6 Å². The maximum Gasteiger partial charge on any atom is 0.352 e. The summed E-state index contributed by atoms with van der Waals surface area (Å²) in [4.78, 5) is 40.8. The molecule has 1 amide bonds. The SMILES string of the molecule is Cc1c(O)ccc(C(=O)C[C@@H]2CCN(CC3=C(C(=O)O)N4C(=O)[C@H]([C@@H](C)O)[C@H]4[C@H]3C)C2)c1Cl. The monoisotopic (exact) mass is 476 g/mol. The summed E-state index contributed by atoms with van der Waals surface area (Å²) in [5.74, 6) is -2.11. The Hall–Kier alpha value is -2.42. The summed E-state index contributed by atoms with van der Waals surface area (Å²) in [5, 5.41) is 29.8. The first-order valence-corrected chi connectivity index (χ1v) is 11.6. The van der Waals surface area contributed by atoms with E-state index in [0.29, 0.717) is 36.2 Å². The third-order valence-corrected chi connectivity index (χ3v) is 7.90. The summed E-state index contributed by atoms with van der Waals surface area (Å²) in [7, 11) is 0. The molecule has 9 heteroatoms. The lowest BCUT2D eigenvalue weighted by Crippen LogP contribution is -2.63. The number of aromatic hydroxyl groups is 1. The molecule has 3 N–H and O–H groups in total. The zero-order chi connectivity index (χ0) is 24.2. The molecule has 1 aromatic carbocycles. The second kappa shape index (κ2) is 8.74. The van der Waals surface area contributed by atoms with E-state index in [2.05, 4.69) is 4.90 Å². The fourth-order valence-corrected chi connectivity index (χ4v) is 5.84. The van der Waals surface area contributed by atoms with Gasteiger partial charge in [0.05, 0.1) is 23.1 Å². The number of phenolic OH excluding ortho intramolecular Hbond substituents is 1. The lowest BCUT2D eigenvalue weighted by Gasteiger charge is -2.46. The van der Waals surface area contributed by atoms with Gasteiger partial charge in [-0.3, -0.25) is 14.5 Å². The number of aliphatic hydroxyl groups excluding tert-OH is 1. The average molecular weight is 477 g/mol. The van der Waals surface area contributed by atoms with E-state index < -0.39 is 18.0 Å². The van der Waals surface area contributed by atoms with Crippen molar-refractivity contribution in [2.24, 2.45) is 17.8 Å². The largest absolute Gasteiger partial charge is 0.508 e. The third-order valence-electron chi connectivity index (χ3n) is 7.41. The van der Waals surface area contributed by atoms with Crippen molar-refractivity contribution in [1.82, 2.24) is 9.80 Å². The molecule has 5 atom stereocenters. The van der Waals surface area contributed by atoms with Crippen molar-refractivity contribution < 1.29 is 29.7 Å². The van der Waals surface area contributed by atoms with E-state index in [1.807, 2.05) is 6.92 Å². The Morgan fingerprint density at radius 3 is 2.64 bits per heavy atom. The summed E-state index contributed by atoms with van der Waals surface area (Å²) in [6.07, 6.45) is 0.290. The molecule has 4 rings (SSSR count). The minimum Gasteiger partial charge on any atom is -0.508 e. The van der Waals surface area contributed by atoms with Crippen molar-refractivity contribution in [1.29, 1.82) is 0 Å². The fourth-order valence-electron chi connectivity index (χ4n) is 5.58. The van der Waals surface area contributed by atoms with E-state index in [9.17, 15) is 29.7 Å². The topological polar surface area (TPSA) is 118 Å². The molecular weight excluding hydrogens is 448 g/mol. The van der Waals surface area contributed by atoms with Gasteiger partial charge in [-0.25, -0.2) is 4.79 Å². The van der Waals surface area contributed by atoms with Crippen LogP contribution in [0.3, 0.4) is 0 Å². The molecule has 2 saturated heterocycles. The molecule has 0 aliphatic carbocycles. The number of phenols is 1. The first-order chi connectivity index (χ1) is 15.5. The van der Waals surface area contributed by atoms with Gasteiger partial charge in [-0.15, -0.1) is 0 Å². The molecule has 3 aliphatic heterocycles. The number of aliphatic carboxylic acids is 1. The number of halogens is 1. The molecule has 3 aliphatic rings. The molecule has 0 bridgehead atoms. The van der Waals surface area contributed by atoms with Gasteiger partial charge in [-0.05, 0) is 50.4 Å². The van der Waals surface area contributed by atoms with Crippen LogP contribution in [0.5, 0.6) is 5.75 Å². The number of fused-ring (bicyclic) bond motifs is 1. The highest BCUT2D eigenvalue weighted by Crippen LogP contribution is 2.47. The number of ketones is 1. The Bertz CT molecular complexity index is 1050. The van der Waals surface area contributed by atoms with Crippen molar-refractivity contribution in [3.63, 3.8) is 0 Å². The number of carboxylic acid groups (broad SMARTS) is 1. The second-order valence-corrected chi connectivity index (χ2v) is 9.90. The number of hydrogen-bond acceptors (Lipinski definition) is 6. The molecule has 8 nitrogen and oxygen atoms in total. The van der Waals surface area contributed by atoms with E-state index in [0.717, 1.165) is 13.0 Å². The predicted molar refractivity (Wildman–Crippen MR) is 121 cm³/mol. The Morgan fingerprint density at radius 2 is 2.00 bits per heavy atom. The number of rotatable bonds is 7. The molecule has 33 heavy (non-hydrogen) atoms. The number of nitrogens with zero attached hydrogens (tertiary/aromatic N) is 2. The maximum absolute atomic E-state index is 12.8. The van der Waals surface area contributed by atoms with Crippen LogP contribution < -0.4 is 0 Å². The standard InChI is InChI=1S/C24H29ClN2O6/c1-11-16(22(24(32)33)27-21(11)19(13(3)28)23(27)31)10-26-7-6-14(9-26)8-18(30)15-4-5-17(29)12(2)20(15)25/h4-5,11,13-14,19,21,28-29H,6-10H2,1-3H3,(H,32,33)/t11-,13+,14-,19+,21+/m0/s1. The summed E-state index contributed by atoms with van der Waals surface area (Å²) in [5.41, 5.74) is 1.62. The van der Waals surface area contributed by atoms with Crippen molar-refractivity contribution in [3.05, 3.63) is 39.6 Å². The van der Waals surface area contributed by atoms with Crippen molar-refractivity contribution in [2.45, 2.75) is 45.8 Å². The Kier molecular flexibility index (Phi) is 6.28. The number of carbonyl (C=O) groups excluding carboxylic acids is 2. The van der Waals surface area contributed by atoms with Gasteiger partial charge in [0.1, 0.15) is 11.4 Å². The molecule has 1 aromatic rings. The van der Waals surface area contributed by atoms with Crippen LogP contribution in [-0.4, -0.2) is 74.6 Å². The predicted octanol–water partition coefficient (Wildman–Crippen LogP) is 2.44. The lowest BCUT2D eigenvalue weighted by molar-refractivity contribution is -0.163. The van der Waals surface area contributed by atoms with Gasteiger partial charge >= 0.3 is 5.97 Å². The highest BCUT2D eigenvalue weighted by molar-refractivity contribution is 6.34. The number of carbonyl (C=O) groups is 3. The number of carboxylic acids is 1. The van der Waals surface area contributed by atoms with Crippen LogP contribution in [0.1, 0.15) is 42.6 Å². The zero-order valence-electron chi connectivity index (χ0n) is 18.9. The van der Waals surface area contributed by atoms with E-state index >= 15 is 0 Å². The van der Waals surface area contributed by atoms with Crippen LogP contribution in [0.2, 0.25) is 5.02 Å². The van der Waals surface area contributed by atoms with Gasteiger partial charge in [0.2, 0.25) is 5.91 Å². The Labute approximate surface area is 197 Å². The third kappa shape index (κ3) is 3.94. The summed E-state index contributed by atoms with van der Waals surface area (Å²) < 4.78 is 0. The minimum atomic E-state index is -1.12. The van der Waals surface area contributed by atoms with Crippen LogP contribution in [0.25, 0.3) is 0 Å². The van der Waals surface area contributed by atoms with Gasteiger partial charge in [0, 0.05) is 36.6 Å². The molecular formula is C24H29ClN2O6. The van der Waals surface area contributed by atoms with E-state index in [-0.39, 0.29) is 46.0 Å².